The molecule has 1 heterocycles. The highest BCUT2D eigenvalue weighted by Crippen LogP contribution is 2.20. The van der Waals surface area contributed by atoms with Gasteiger partial charge in [-0.05, 0) is 31.0 Å². The maximum absolute atomic E-state index is 13.6. The Kier molecular flexibility index (Phi) is 3.02. The van der Waals surface area contributed by atoms with Crippen LogP contribution in [-0.4, -0.2) is 15.8 Å². The number of nitrogens with one attached hydrogen (secondary N) is 1. The van der Waals surface area contributed by atoms with Crippen LogP contribution in [0.15, 0.2) is 24.4 Å². The Balaban J connectivity index is 1.83. The van der Waals surface area contributed by atoms with Crippen molar-refractivity contribution in [3.63, 3.8) is 0 Å². The van der Waals surface area contributed by atoms with Crippen LogP contribution in [0, 0.1) is 17.5 Å². The van der Waals surface area contributed by atoms with Crippen LogP contribution in [0.25, 0.3) is 5.69 Å². The van der Waals surface area contributed by atoms with Gasteiger partial charge in [-0.3, -0.25) is 0 Å². The fraction of sp³-hybridized carbons (Fsp3) is 0.308. The lowest BCUT2D eigenvalue weighted by Gasteiger charge is -2.04. The molecule has 0 atom stereocenters. The van der Waals surface area contributed by atoms with Crippen molar-refractivity contribution < 1.29 is 13.2 Å². The van der Waals surface area contributed by atoms with E-state index in [1.165, 1.54) is 29.8 Å². The molecule has 1 saturated carbocycles. The molecule has 1 fully saturated rings. The van der Waals surface area contributed by atoms with Crippen molar-refractivity contribution >= 4 is 0 Å². The zero-order chi connectivity index (χ0) is 13.4. The van der Waals surface area contributed by atoms with E-state index < -0.39 is 17.5 Å². The molecule has 0 unspecified atom stereocenters. The molecule has 3 nitrogen and oxygen atoms in total. The summed E-state index contributed by atoms with van der Waals surface area (Å²) in [6.45, 7) is 0.586. The van der Waals surface area contributed by atoms with E-state index in [1.54, 1.807) is 6.07 Å². The molecule has 0 spiro atoms. The summed E-state index contributed by atoms with van der Waals surface area (Å²) in [5.41, 5.74) is 0.632. The van der Waals surface area contributed by atoms with E-state index in [2.05, 4.69) is 10.4 Å². The second-order valence-electron chi connectivity index (χ2n) is 4.60. The monoisotopic (exact) mass is 267 g/mol. The summed E-state index contributed by atoms with van der Waals surface area (Å²) in [5, 5.41) is 7.41. The molecule has 0 bridgehead atoms. The highest BCUT2D eigenvalue weighted by molar-refractivity contribution is 5.34. The molecule has 1 aliphatic rings. The first-order chi connectivity index (χ1) is 9.15. The van der Waals surface area contributed by atoms with Crippen LogP contribution in [0.2, 0.25) is 0 Å². The van der Waals surface area contributed by atoms with Gasteiger partial charge >= 0.3 is 0 Å². The first-order valence-corrected chi connectivity index (χ1v) is 6.07. The van der Waals surface area contributed by atoms with E-state index in [9.17, 15) is 13.2 Å². The van der Waals surface area contributed by atoms with Gasteiger partial charge in [-0.15, -0.1) is 0 Å². The van der Waals surface area contributed by atoms with Crippen molar-refractivity contribution in [2.75, 3.05) is 0 Å². The van der Waals surface area contributed by atoms with E-state index >= 15 is 0 Å². The molecule has 1 aliphatic carbocycles. The molecule has 0 saturated heterocycles. The highest BCUT2D eigenvalue weighted by Gasteiger charge is 2.20. The van der Waals surface area contributed by atoms with Crippen LogP contribution in [0.4, 0.5) is 13.2 Å². The molecule has 1 aromatic carbocycles. The first-order valence-electron chi connectivity index (χ1n) is 6.07. The number of hydrogen-bond acceptors (Lipinski definition) is 2. The Hall–Kier alpha value is -1.82. The minimum absolute atomic E-state index is 0.100. The number of benzene rings is 1. The van der Waals surface area contributed by atoms with Crippen molar-refractivity contribution in [3.8, 4) is 5.69 Å². The molecule has 3 rings (SSSR count). The van der Waals surface area contributed by atoms with Crippen molar-refractivity contribution in [3.05, 3.63) is 47.5 Å². The Bertz CT molecular complexity index is 605. The van der Waals surface area contributed by atoms with Crippen LogP contribution in [0.1, 0.15) is 18.5 Å². The van der Waals surface area contributed by atoms with E-state index in [4.69, 9.17) is 0 Å². The topological polar surface area (TPSA) is 29.9 Å². The van der Waals surface area contributed by atoms with E-state index in [0.29, 0.717) is 12.6 Å². The van der Waals surface area contributed by atoms with Crippen molar-refractivity contribution in [2.24, 2.45) is 0 Å². The summed E-state index contributed by atoms with van der Waals surface area (Å²) in [6, 6.07) is 4.32. The maximum Gasteiger partial charge on any atom is 0.196 e. The number of halogens is 3. The highest BCUT2D eigenvalue weighted by atomic mass is 19.2. The quantitative estimate of drug-likeness (QED) is 0.863. The molecule has 2 aromatic rings. The van der Waals surface area contributed by atoms with Gasteiger partial charge in [0.1, 0.15) is 5.69 Å². The number of aromatic nitrogens is 2. The molecule has 0 amide bonds. The number of hydrogen-bond donors (Lipinski definition) is 1. The van der Waals surface area contributed by atoms with Crippen LogP contribution < -0.4 is 5.32 Å². The second-order valence-corrected chi connectivity index (χ2v) is 4.60. The smallest absolute Gasteiger partial charge is 0.196 e. The van der Waals surface area contributed by atoms with Gasteiger partial charge in [0.25, 0.3) is 0 Å². The van der Waals surface area contributed by atoms with Crippen LogP contribution in [0.5, 0.6) is 0 Å². The molecule has 1 aromatic heterocycles. The normalized spacial score (nSPS) is 14.9. The molecular weight excluding hydrogens is 255 g/mol. The zero-order valence-corrected chi connectivity index (χ0v) is 10.0. The summed E-state index contributed by atoms with van der Waals surface area (Å²) in [5.74, 6) is -3.92. The lowest BCUT2D eigenvalue weighted by atomic mass is 10.3. The van der Waals surface area contributed by atoms with E-state index in [-0.39, 0.29) is 5.69 Å². The summed E-state index contributed by atoms with van der Waals surface area (Å²) >= 11 is 0. The maximum atomic E-state index is 13.6. The first kappa shape index (κ1) is 12.2. The average molecular weight is 267 g/mol. The number of nitrogens with zero attached hydrogens (tertiary/aromatic N) is 2. The van der Waals surface area contributed by atoms with Crippen molar-refractivity contribution in [2.45, 2.75) is 25.4 Å². The molecular formula is C13H12F3N3. The number of rotatable bonds is 4. The Morgan fingerprint density at radius 2 is 1.95 bits per heavy atom. The Morgan fingerprint density at radius 3 is 2.68 bits per heavy atom. The molecule has 6 heteroatoms. The molecule has 19 heavy (non-hydrogen) atoms. The van der Waals surface area contributed by atoms with Gasteiger partial charge in [0.15, 0.2) is 17.5 Å². The van der Waals surface area contributed by atoms with E-state index in [0.717, 1.165) is 11.8 Å². The van der Waals surface area contributed by atoms with Gasteiger partial charge in [-0.2, -0.15) is 5.10 Å². The van der Waals surface area contributed by atoms with Crippen LogP contribution in [-0.2, 0) is 6.54 Å². The second kappa shape index (κ2) is 4.70. The molecule has 0 radical (unpaired) electrons. The minimum atomic E-state index is -1.48. The fourth-order valence-corrected chi connectivity index (χ4v) is 1.82. The molecule has 100 valence electrons. The SMILES string of the molecule is Fc1ccc(-n2ccc(CNC3CC3)n2)c(F)c1F. The average Bonchev–Trinajstić information content (AvgIpc) is 3.12. The molecule has 1 N–H and O–H groups in total. The van der Waals surface area contributed by atoms with Crippen LogP contribution in [0.3, 0.4) is 0 Å². The minimum Gasteiger partial charge on any atom is -0.308 e. The third kappa shape index (κ3) is 2.49. The van der Waals surface area contributed by atoms with Gasteiger partial charge in [0, 0.05) is 18.8 Å². The lowest BCUT2D eigenvalue weighted by Crippen LogP contribution is -2.15. The summed E-state index contributed by atoms with van der Waals surface area (Å²) < 4.78 is 40.8. The predicted molar refractivity (Wildman–Crippen MR) is 63.3 cm³/mol. The molecule has 0 aliphatic heterocycles. The third-order valence-electron chi connectivity index (χ3n) is 3.06. The lowest BCUT2D eigenvalue weighted by molar-refractivity contribution is 0.443. The standard InChI is InChI=1S/C13H12F3N3/c14-10-3-4-11(13(16)12(10)15)19-6-5-9(18-19)7-17-8-1-2-8/h3-6,8,17H,1-2,7H2. The van der Waals surface area contributed by atoms with Crippen molar-refractivity contribution in [1.29, 1.82) is 0 Å². The van der Waals surface area contributed by atoms with Crippen molar-refractivity contribution in [1.82, 2.24) is 15.1 Å². The van der Waals surface area contributed by atoms with Gasteiger partial charge in [0.2, 0.25) is 0 Å². The Morgan fingerprint density at radius 1 is 1.16 bits per heavy atom. The van der Waals surface area contributed by atoms with Crippen LogP contribution >= 0.6 is 0 Å². The summed E-state index contributed by atoms with van der Waals surface area (Å²) in [7, 11) is 0. The van der Waals surface area contributed by atoms with Gasteiger partial charge in [0.05, 0.1) is 5.69 Å². The predicted octanol–water partition coefficient (Wildman–Crippen LogP) is 2.54. The summed E-state index contributed by atoms with van der Waals surface area (Å²) in [6.07, 6.45) is 3.86. The van der Waals surface area contributed by atoms with Gasteiger partial charge in [-0.25, -0.2) is 17.9 Å². The fourth-order valence-electron chi connectivity index (χ4n) is 1.82. The Labute approximate surface area is 108 Å². The van der Waals surface area contributed by atoms with Gasteiger partial charge < -0.3 is 5.32 Å². The summed E-state index contributed by atoms with van der Waals surface area (Å²) in [4.78, 5) is 0. The third-order valence-corrected chi connectivity index (χ3v) is 3.06. The van der Waals surface area contributed by atoms with E-state index in [1.807, 2.05) is 0 Å². The van der Waals surface area contributed by atoms with Gasteiger partial charge in [-0.1, -0.05) is 0 Å². The largest absolute Gasteiger partial charge is 0.308 e. The zero-order valence-electron chi connectivity index (χ0n) is 10.0.